The van der Waals surface area contributed by atoms with Crippen molar-refractivity contribution in [2.75, 3.05) is 0 Å². The van der Waals surface area contributed by atoms with Crippen LogP contribution in [-0.2, 0) is 0 Å². The van der Waals surface area contributed by atoms with Crippen LogP contribution in [0.5, 0.6) is 0 Å². The monoisotopic (exact) mass is 204 g/mol. The molecular formula is C8H8N6O. The molecule has 0 spiro atoms. The maximum Gasteiger partial charge on any atom is 0.302 e. The number of nitrogens with two attached hydrogens (primary N) is 1. The van der Waals surface area contributed by atoms with Crippen LogP contribution in [0.3, 0.4) is 0 Å². The van der Waals surface area contributed by atoms with Gasteiger partial charge in [0.15, 0.2) is 5.82 Å². The fourth-order valence-electron chi connectivity index (χ4n) is 1.04. The minimum absolute atomic E-state index is 0.0538. The van der Waals surface area contributed by atoms with Crippen LogP contribution in [0.4, 0.5) is 0 Å². The first-order valence-electron chi connectivity index (χ1n) is 4.16. The zero-order valence-corrected chi connectivity index (χ0v) is 7.64. The highest BCUT2D eigenvalue weighted by Crippen LogP contribution is 2.09. The van der Waals surface area contributed by atoms with Crippen LogP contribution in [0.1, 0.15) is 10.6 Å². The molecule has 2 heterocycles. The van der Waals surface area contributed by atoms with Crippen molar-refractivity contribution < 1.29 is 4.79 Å². The molecule has 0 saturated heterocycles. The molecular weight excluding hydrogens is 196 g/mol. The molecule has 2 aromatic heterocycles. The van der Waals surface area contributed by atoms with E-state index in [1.54, 1.807) is 24.4 Å². The summed E-state index contributed by atoms with van der Waals surface area (Å²) in [5.74, 6) is 4.84. The molecule has 2 aromatic rings. The number of hydrogen-bond donors (Lipinski definition) is 3. The number of aromatic nitrogens is 4. The van der Waals surface area contributed by atoms with Gasteiger partial charge in [-0.15, -0.1) is 0 Å². The Bertz CT molecular complexity index is 465. The van der Waals surface area contributed by atoms with Crippen molar-refractivity contribution in [3.63, 3.8) is 0 Å². The lowest BCUT2D eigenvalue weighted by Gasteiger charge is -1.91. The fourth-order valence-corrected chi connectivity index (χ4v) is 1.04. The topological polar surface area (TPSA) is 110 Å². The molecule has 0 saturated carbocycles. The lowest BCUT2D eigenvalue weighted by atomic mass is 10.3. The standard InChI is InChI=1S/C8H8N6O/c9-12-8(15)7-11-6(13-14-7)5-3-1-2-4-10-5/h1-4H,9H2,(H,12,15)(H,11,13,14). The summed E-state index contributed by atoms with van der Waals surface area (Å²) in [5, 5.41) is 6.30. The number of carbonyl (C=O) groups is 1. The summed E-state index contributed by atoms with van der Waals surface area (Å²) in [4.78, 5) is 19.0. The Hall–Kier alpha value is -2.28. The van der Waals surface area contributed by atoms with E-state index >= 15 is 0 Å². The first kappa shape index (κ1) is 9.28. The van der Waals surface area contributed by atoms with E-state index in [2.05, 4.69) is 20.2 Å². The predicted octanol–water partition coefficient (Wildman–Crippen LogP) is -0.530. The molecule has 0 bridgehead atoms. The first-order valence-corrected chi connectivity index (χ1v) is 4.16. The van der Waals surface area contributed by atoms with E-state index in [0.717, 1.165) is 0 Å². The van der Waals surface area contributed by atoms with Gasteiger partial charge in [0.05, 0.1) is 0 Å². The average Bonchev–Trinajstić information content (AvgIpc) is 2.78. The van der Waals surface area contributed by atoms with Crippen molar-refractivity contribution in [1.29, 1.82) is 0 Å². The van der Waals surface area contributed by atoms with Gasteiger partial charge in [-0.05, 0) is 12.1 Å². The van der Waals surface area contributed by atoms with Gasteiger partial charge in [-0.2, -0.15) is 5.10 Å². The zero-order valence-electron chi connectivity index (χ0n) is 7.64. The van der Waals surface area contributed by atoms with Crippen LogP contribution in [-0.4, -0.2) is 26.1 Å². The third-order valence-corrected chi connectivity index (χ3v) is 1.73. The molecule has 0 radical (unpaired) electrons. The average molecular weight is 204 g/mol. The summed E-state index contributed by atoms with van der Waals surface area (Å²) in [7, 11) is 0. The molecule has 7 nitrogen and oxygen atoms in total. The molecule has 1 amide bonds. The van der Waals surface area contributed by atoms with Crippen LogP contribution < -0.4 is 11.3 Å². The van der Waals surface area contributed by atoms with Gasteiger partial charge in [0.25, 0.3) is 0 Å². The Morgan fingerprint density at radius 1 is 1.47 bits per heavy atom. The molecule has 0 aliphatic rings. The third-order valence-electron chi connectivity index (χ3n) is 1.73. The zero-order chi connectivity index (χ0) is 10.7. The SMILES string of the molecule is NNC(=O)c1nc(-c2ccccn2)n[nH]1. The van der Waals surface area contributed by atoms with Crippen molar-refractivity contribution in [3.05, 3.63) is 30.2 Å². The molecule has 4 N–H and O–H groups in total. The minimum Gasteiger partial charge on any atom is -0.287 e. The summed E-state index contributed by atoms with van der Waals surface area (Å²) >= 11 is 0. The van der Waals surface area contributed by atoms with Gasteiger partial charge in [0, 0.05) is 6.20 Å². The van der Waals surface area contributed by atoms with Crippen LogP contribution >= 0.6 is 0 Å². The van der Waals surface area contributed by atoms with Crippen LogP contribution in [0, 0.1) is 0 Å². The van der Waals surface area contributed by atoms with Crippen LogP contribution in [0.2, 0.25) is 0 Å². The molecule has 76 valence electrons. The Morgan fingerprint density at radius 3 is 3.00 bits per heavy atom. The largest absolute Gasteiger partial charge is 0.302 e. The van der Waals surface area contributed by atoms with Crippen molar-refractivity contribution in [2.45, 2.75) is 0 Å². The molecule has 0 fully saturated rings. The van der Waals surface area contributed by atoms with Gasteiger partial charge >= 0.3 is 5.91 Å². The number of aromatic amines is 1. The van der Waals surface area contributed by atoms with E-state index in [4.69, 9.17) is 5.84 Å². The maximum atomic E-state index is 11.1. The summed E-state index contributed by atoms with van der Waals surface area (Å²) in [6.07, 6.45) is 1.62. The second-order valence-corrected chi connectivity index (χ2v) is 2.70. The number of nitrogens with one attached hydrogen (secondary N) is 2. The van der Waals surface area contributed by atoms with Gasteiger partial charge in [-0.1, -0.05) is 6.07 Å². The number of pyridine rings is 1. The van der Waals surface area contributed by atoms with E-state index < -0.39 is 5.91 Å². The summed E-state index contributed by atoms with van der Waals surface area (Å²) in [5.41, 5.74) is 2.54. The van der Waals surface area contributed by atoms with Gasteiger partial charge in [-0.25, -0.2) is 10.8 Å². The lowest BCUT2D eigenvalue weighted by molar-refractivity contribution is 0.0943. The van der Waals surface area contributed by atoms with Crippen molar-refractivity contribution in [3.8, 4) is 11.5 Å². The van der Waals surface area contributed by atoms with E-state index in [-0.39, 0.29) is 5.82 Å². The number of hydrogen-bond acceptors (Lipinski definition) is 5. The highest BCUT2D eigenvalue weighted by atomic mass is 16.2. The Kier molecular flexibility index (Phi) is 2.38. The van der Waals surface area contributed by atoms with Crippen LogP contribution in [0.25, 0.3) is 11.5 Å². The van der Waals surface area contributed by atoms with Crippen LogP contribution in [0.15, 0.2) is 24.4 Å². The maximum absolute atomic E-state index is 11.1. The quantitative estimate of drug-likeness (QED) is 0.346. The van der Waals surface area contributed by atoms with E-state index in [1.165, 1.54) is 0 Å². The minimum atomic E-state index is -0.523. The van der Waals surface area contributed by atoms with E-state index in [1.807, 2.05) is 5.43 Å². The molecule has 7 heteroatoms. The molecule has 0 atom stereocenters. The first-order chi connectivity index (χ1) is 7.31. The number of H-pyrrole nitrogens is 1. The molecule has 0 aliphatic carbocycles. The number of rotatable bonds is 2. The summed E-state index contributed by atoms with van der Waals surface area (Å²) in [6, 6.07) is 5.33. The number of hydrazine groups is 1. The molecule has 0 aromatic carbocycles. The third kappa shape index (κ3) is 1.81. The lowest BCUT2D eigenvalue weighted by Crippen LogP contribution is -2.30. The molecule has 0 unspecified atom stereocenters. The number of carbonyl (C=O) groups excluding carboxylic acids is 1. The molecule has 15 heavy (non-hydrogen) atoms. The van der Waals surface area contributed by atoms with Gasteiger partial charge in [-0.3, -0.25) is 20.3 Å². The Morgan fingerprint density at radius 2 is 2.33 bits per heavy atom. The highest BCUT2D eigenvalue weighted by Gasteiger charge is 2.11. The Labute approximate surface area is 84.7 Å². The van der Waals surface area contributed by atoms with Crippen molar-refractivity contribution >= 4 is 5.91 Å². The normalized spacial score (nSPS) is 9.93. The number of amides is 1. The number of nitrogens with zero attached hydrogens (tertiary/aromatic N) is 3. The van der Waals surface area contributed by atoms with Crippen molar-refractivity contribution in [1.82, 2.24) is 25.6 Å². The van der Waals surface area contributed by atoms with Crippen molar-refractivity contribution in [2.24, 2.45) is 5.84 Å². The van der Waals surface area contributed by atoms with Gasteiger partial charge < -0.3 is 0 Å². The van der Waals surface area contributed by atoms with Gasteiger partial charge in [0.2, 0.25) is 5.82 Å². The Balaban J connectivity index is 2.32. The van der Waals surface area contributed by atoms with E-state index in [0.29, 0.717) is 11.5 Å². The predicted molar refractivity (Wildman–Crippen MR) is 51.3 cm³/mol. The van der Waals surface area contributed by atoms with E-state index in [9.17, 15) is 4.79 Å². The highest BCUT2D eigenvalue weighted by molar-refractivity contribution is 5.90. The molecule has 0 aliphatic heterocycles. The van der Waals surface area contributed by atoms with Gasteiger partial charge in [0.1, 0.15) is 5.69 Å². The second-order valence-electron chi connectivity index (χ2n) is 2.70. The smallest absolute Gasteiger partial charge is 0.287 e. The fraction of sp³-hybridized carbons (Fsp3) is 0. The molecule has 2 rings (SSSR count). The number of nitrogen functional groups attached to an aromatic ring is 1. The summed E-state index contributed by atoms with van der Waals surface area (Å²) in [6.45, 7) is 0. The summed E-state index contributed by atoms with van der Waals surface area (Å²) < 4.78 is 0. The second kappa shape index (κ2) is 3.84.